The van der Waals surface area contributed by atoms with E-state index in [1.54, 1.807) is 60.7 Å². The fourth-order valence-corrected chi connectivity index (χ4v) is 7.46. The van der Waals surface area contributed by atoms with Crippen molar-refractivity contribution in [1.29, 1.82) is 0 Å². The maximum atomic E-state index is 14.8. The van der Waals surface area contributed by atoms with Crippen LogP contribution in [0, 0.1) is 0 Å². The lowest BCUT2D eigenvalue weighted by Crippen LogP contribution is -2.54. The normalized spacial score (nSPS) is 15.1. The summed E-state index contributed by atoms with van der Waals surface area (Å²) in [6.07, 6.45) is -12.5. The monoisotopic (exact) mass is 724 g/mol. The number of hydrogen-bond donors (Lipinski definition) is 0. The lowest BCUT2D eigenvalue weighted by atomic mass is 9.92. The van der Waals surface area contributed by atoms with Crippen LogP contribution < -0.4 is 0 Å². The van der Waals surface area contributed by atoms with E-state index in [9.17, 15) is 35.9 Å². The van der Waals surface area contributed by atoms with E-state index in [0.29, 0.717) is 24.0 Å². The van der Waals surface area contributed by atoms with E-state index in [-0.39, 0.29) is 0 Å². The number of carbonyl (C=O) groups is 2. The average Bonchev–Trinajstić information content (AvgIpc) is 3.08. The van der Waals surface area contributed by atoms with E-state index in [1.807, 2.05) is 0 Å². The number of ether oxygens (including phenoxy) is 4. The number of methoxy groups -OCH3 is 2. The molecule has 3 atom stereocenters. The summed E-state index contributed by atoms with van der Waals surface area (Å²) in [7, 11) is 1.36. The van der Waals surface area contributed by atoms with Crippen molar-refractivity contribution in [2.45, 2.75) is 44.0 Å². The van der Waals surface area contributed by atoms with E-state index < -0.39 is 63.9 Å². The molecule has 0 aliphatic heterocycles. The minimum atomic E-state index is -5.36. The van der Waals surface area contributed by atoms with E-state index in [0.717, 1.165) is 47.8 Å². The molecule has 4 aromatic carbocycles. The highest BCUT2D eigenvalue weighted by molar-refractivity contribution is 8.17. The van der Waals surface area contributed by atoms with Crippen molar-refractivity contribution >= 4 is 35.5 Å². The number of rotatable bonds is 14. The molecule has 0 aliphatic carbocycles. The molecule has 49 heavy (non-hydrogen) atoms. The second-order valence-corrected chi connectivity index (χ2v) is 13.0. The molecule has 0 fully saturated rings. The zero-order valence-corrected chi connectivity index (χ0v) is 27.6. The van der Waals surface area contributed by atoms with Gasteiger partial charge >= 0.3 is 24.3 Å². The van der Waals surface area contributed by atoms with Crippen molar-refractivity contribution in [3.8, 4) is 0 Å². The first-order valence-electron chi connectivity index (χ1n) is 14.5. The third-order valence-corrected chi connectivity index (χ3v) is 10.0. The van der Waals surface area contributed by atoms with Gasteiger partial charge in [0.15, 0.2) is 6.10 Å². The average molecular weight is 725 g/mol. The number of carbonyl (C=O) groups excluding carboxylic acids is 2. The predicted octanol–water partition coefficient (Wildman–Crippen LogP) is 8.56. The van der Waals surface area contributed by atoms with Gasteiger partial charge in [-0.05, 0) is 24.3 Å². The molecule has 0 radical (unpaired) electrons. The second-order valence-electron chi connectivity index (χ2n) is 10.3. The summed E-state index contributed by atoms with van der Waals surface area (Å²) in [6, 6.07) is 29.0. The van der Waals surface area contributed by atoms with Crippen molar-refractivity contribution in [1.82, 2.24) is 0 Å². The van der Waals surface area contributed by atoms with Gasteiger partial charge in [0, 0.05) is 35.1 Å². The molecule has 0 spiro atoms. The molecule has 0 bridgehead atoms. The van der Waals surface area contributed by atoms with Gasteiger partial charge in [-0.2, -0.15) is 26.3 Å². The summed E-state index contributed by atoms with van der Waals surface area (Å²) in [4.78, 5) is 28.4. The molecule has 0 N–H and O–H groups in total. The van der Waals surface area contributed by atoms with Crippen LogP contribution in [-0.4, -0.2) is 55.8 Å². The fourth-order valence-electron chi connectivity index (χ4n) is 4.86. The Kier molecular flexibility index (Phi) is 12.5. The number of halogens is 6. The molecule has 0 amide bonds. The lowest BCUT2D eigenvalue weighted by Gasteiger charge is -2.36. The molecule has 14 heteroatoms. The van der Waals surface area contributed by atoms with E-state index >= 15 is 0 Å². The molecular formula is C35H30F6O6S2. The Morgan fingerprint density at radius 1 is 0.571 bits per heavy atom. The molecule has 4 rings (SSSR count). The maximum Gasteiger partial charge on any atom is 0.432 e. The number of esters is 2. The van der Waals surface area contributed by atoms with Gasteiger partial charge < -0.3 is 18.9 Å². The number of hydrogen-bond acceptors (Lipinski definition) is 8. The fraction of sp³-hybridized carbons (Fsp3) is 0.257. The van der Waals surface area contributed by atoms with Gasteiger partial charge in [0.05, 0.1) is 4.58 Å². The first-order valence-corrected chi connectivity index (χ1v) is 16.2. The van der Waals surface area contributed by atoms with Gasteiger partial charge in [0.25, 0.3) is 11.2 Å². The third-order valence-electron chi connectivity index (χ3n) is 7.28. The Labute approximate surface area is 287 Å². The molecule has 0 aliphatic rings. The van der Waals surface area contributed by atoms with Crippen LogP contribution in [0.2, 0.25) is 0 Å². The molecule has 0 aromatic heterocycles. The van der Waals surface area contributed by atoms with Crippen molar-refractivity contribution in [3.63, 3.8) is 0 Å². The number of alkyl halides is 6. The van der Waals surface area contributed by atoms with Crippen LogP contribution >= 0.6 is 23.5 Å². The topological polar surface area (TPSA) is 71.1 Å². The summed E-state index contributed by atoms with van der Waals surface area (Å²) >= 11 is 2.08. The molecule has 0 saturated carbocycles. The van der Waals surface area contributed by atoms with E-state index in [1.165, 1.54) is 36.4 Å². The molecular weight excluding hydrogens is 695 g/mol. The minimum absolute atomic E-state index is 0.575. The van der Waals surface area contributed by atoms with Crippen LogP contribution in [0.4, 0.5) is 26.3 Å². The first kappa shape index (κ1) is 37.8. The van der Waals surface area contributed by atoms with Crippen molar-refractivity contribution in [2.75, 3.05) is 20.8 Å². The third kappa shape index (κ3) is 8.26. The Balaban J connectivity index is 1.80. The van der Waals surface area contributed by atoms with Gasteiger partial charge in [-0.15, -0.1) is 23.5 Å². The van der Waals surface area contributed by atoms with Crippen LogP contribution in [0.15, 0.2) is 131 Å². The van der Waals surface area contributed by atoms with Crippen LogP contribution in [0.1, 0.15) is 11.1 Å². The second kappa shape index (κ2) is 16.2. The molecule has 4 aromatic rings. The Morgan fingerprint density at radius 3 is 1.27 bits per heavy atom. The van der Waals surface area contributed by atoms with Gasteiger partial charge in [0.1, 0.15) is 6.61 Å². The molecule has 260 valence electrons. The molecule has 0 saturated heterocycles. The highest BCUT2D eigenvalue weighted by atomic mass is 32.2. The molecule has 6 nitrogen and oxygen atoms in total. The zero-order valence-electron chi connectivity index (χ0n) is 25.9. The van der Waals surface area contributed by atoms with Crippen LogP contribution in [0.5, 0.6) is 0 Å². The summed E-state index contributed by atoms with van der Waals surface area (Å²) in [5, 5.41) is 0. The Bertz CT molecular complexity index is 1600. The van der Waals surface area contributed by atoms with E-state index in [4.69, 9.17) is 18.9 Å². The highest BCUT2D eigenvalue weighted by Crippen LogP contribution is 2.46. The minimum Gasteiger partial charge on any atom is -0.459 e. The Morgan fingerprint density at radius 2 is 0.918 bits per heavy atom. The smallest absolute Gasteiger partial charge is 0.432 e. The van der Waals surface area contributed by atoms with Gasteiger partial charge in [0.2, 0.25) is 0 Å². The zero-order chi connectivity index (χ0) is 35.7. The van der Waals surface area contributed by atoms with Gasteiger partial charge in [-0.1, -0.05) is 97.1 Å². The predicted molar refractivity (Wildman–Crippen MR) is 172 cm³/mol. The molecule has 3 unspecified atom stereocenters. The highest BCUT2D eigenvalue weighted by Gasteiger charge is 2.66. The van der Waals surface area contributed by atoms with Gasteiger partial charge in [-0.25, -0.2) is 9.59 Å². The molecule has 0 heterocycles. The largest absolute Gasteiger partial charge is 0.459 e. The van der Waals surface area contributed by atoms with Crippen LogP contribution in [-0.2, 0) is 39.7 Å². The maximum absolute atomic E-state index is 14.8. The van der Waals surface area contributed by atoms with Crippen molar-refractivity contribution < 1.29 is 54.9 Å². The summed E-state index contributed by atoms with van der Waals surface area (Å²) in [5.74, 6) is -3.83. The lowest BCUT2D eigenvalue weighted by molar-refractivity contribution is -0.282. The number of thioether (sulfide) groups is 2. The quantitative estimate of drug-likeness (QED) is 0.0555. The SMILES string of the molecule is COC(C(=O)OCC(OC(=O)C(OC)(c1ccccc1)C(F)(F)F)C(Sc1ccccc1)Sc1ccccc1)(c1ccccc1)C(F)(F)F. The Hall–Kier alpha value is -3.98. The number of benzene rings is 4. The van der Waals surface area contributed by atoms with Crippen molar-refractivity contribution in [2.24, 2.45) is 0 Å². The summed E-state index contributed by atoms with van der Waals surface area (Å²) < 4.78 is 108. The van der Waals surface area contributed by atoms with Crippen molar-refractivity contribution in [3.05, 3.63) is 132 Å². The summed E-state index contributed by atoms with van der Waals surface area (Å²) in [6.45, 7) is -1.09. The standard InChI is InChI=1S/C35H30F6O6S2/c1-44-32(34(36,37)38,24-15-7-3-8-16-24)30(42)46-23-28(29(48-26-19-11-5-12-20-26)49-27-21-13-6-14-22-27)47-31(43)33(45-2,35(39,40)41)25-17-9-4-10-18-25/h3-22,28-29H,23H2,1-2H3. The van der Waals surface area contributed by atoms with Crippen LogP contribution in [0.3, 0.4) is 0 Å². The van der Waals surface area contributed by atoms with Crippen LogP contribution in [0.25, 0.3) is 0 Å². The van der Waals surface area contributed by atoms with E-state index in [2.05, 4.69) is 0 Å². The summed E-state index contributed by atoms with van der Waals surface area (Å²) in [5.41, 5.74) is -8.45. The van der Waals surface area contributed by atoms with Gasteiger partial charge in [-0.3, -0.25) is 0 Å². The first-order chi connectivity index (χ1) is 23.3.